The van der Waals surface area contributed by atoms with Crippen molar-refractivity contribution in [1.29, 1.82) is 0 Å². The number of furan rings is 1. The van der Waals surface area contributed by atoms with Crippen LogP contribution in [0.15, 0.2) is 198 Å². The van der Waals surface area contributed by atoms with Crippen molar-refractivity contribution in [3.8, 4) is 44.5 Å². The molecule has 0 saturated carbocycles. The maximum atomic E-state index is 6.44. The van der Waals surface area contributed by atoms with E-state index < -0.39 is 0 Å². The van der Waals surface area contributed by atoms with Gasteiger partial charge in [-0.15, -0.1) is 0 Å². The molecule has 8 aromatic carbocycles. The Morgan fingerprint density at radius 1 is 0.452 bits per heavy atom. The second-order valence-corrected chi connectivity index (χ2v) is 18.1. The summed E-state index contributed by atoms with van der Waals surface area (Å²) in [5.74, 6) is 0. The number of para-hydroxylation sites is 2. The first kappa shape index (κ1) is 37.8. The minimum absolute atomic E-state index is 0.0373. The lowest BCUT2D eigenvalue weighted by Gasteiger charge is -2.26. The number of allylic oxidation sites excluding steroid dienone is 4. The Balaban J connectivity index is 0.999. The molecule has 0 fully saturated rings. The third kappa shape index (κ3) is 5.77. The van der Waals surface area contributed by atoms with Gasteiger partial charge in [-0.2, -0.15) is 0 Å². The summed E-state index contributed by atoms with van der Waals surface area (Å²) >= 11 is 0. The molecule has 0 radical (unpaired) electrons. The number of rotatable bonds is 7. The second-order valence-electron chi connectivity index (χ2n) is 18.1. The van der Waals surface area contributed by atoms with Gasteiger partial charge in [0.05, 0.1) is 0 Å². The Labute approximate surface area is 365 Å². The molecule has 0 unspecified atom stereocenters. The molecule has 300 valence electrons. The second kappa shape index (κ2) is 14.2. The van der Waals surface area contributed by atoms with Crippen LogP contribution in [0.3, 0.4) is 0 Å². The number of nitrogens with zero attached hydrogens (tertiary/aromatic N) is 1. The average Bonchev–Trinajstić information content (AvgIpc) is 3.86. The van der Waals surface area contributed by atoms with Crippen molar-refractivity contribution in [2.45, 2.75) is 52.4 Å². The van der Waals surface area contributed by atoms with Gasteiger partial charge in [-0.25, -0.2) is 0 Å². The van der Waals surface area contributed by atoms with E-state index in [2.05, 4.69) is 222 Å². The molecule has 1 heterocycles. The SMILES string of the molecule is C/C=C\C1=C(C)C(C)(C)c2cc3c(cc21)C(C)(C)c1cccc(-c2ccc(N(c4ccc(-c5ccccc5)cc4)c4ccc(-c5cccc6c5oc5ccccc56)cc4)cc2)c1-3. The number of anilines is 3. The van der Waals surface area contributed by atoms with E-state index in [-0.39, 0.29) is 10.8 Å². The largest absolute Gasteiger partial charge is 0.455 e. The van der Waals surface area contributed by atoms with Gasteiger partial charge < -0.3 is 9.32 Å². The van der Waals surface area contributed by atoms with Gasteiger partial charge in [0.25, 0.3) is 0 Å². The van der Waals surface area contributed by atoms with Crippen LogP contribution in [-0.4, -0.2) is 0 Å². The van der Waals surface area contributed by atoms with E-state index in [1.165, 1.54) is 66.8 Å². The predicted molar refractivity (Wildman–Crippen MR) is 263 cm³/mol. The monoisotopic (exact) mass is 799 g/mol. The summed E-state index contributed by atoms with van der Waals surface area (Å²) in [5.41, 5.74) is 23.2. The van der Waals surface area contributed by atoms with Gasteiger partial charge >= 0.3 is 0 Å². The maximum absolute atomic E-state index is 6.44. The molecule has 11 rings (SSSR count). The summed E-state index contributed by atoms with van der Waals surface area (Å²) in [6.45, 7) is 14.0. The van der Waals surface area contributed by atoms with E-state index >= 15 is 0 Å². The van der Waals surface area contributed by atoms with Gasteiger partial charge in [0.15, 0.2) is 0 Å². The van der Waals surface area contributed by atoms with Gasteiger partial charge in [-0.3, -0.25) is 0 Å². The average molecular weight is 800 g/mol. The van der Waals surface area contributed by atoms with Gasteiger partial charge in [0, 0.05) is 44.2 Å². The number of benzene rings is 8. The first-order valence-corrected chi connectivity index (χ1v) is 21.9. The zero-order valence-electron chi connectivity index (χ0n) is 36.3. The zero-order valence-corrected chi connectivity index (χ0v) is 36.3. The van der Waals surface area contributed by atoms with Crippen LogP contribution in [0.4, 0.5) is 17.1 Å². The molecule has 2 aliphatic rings. The van der Waals surface area contributed by atoms with Gasteiger partial charge in [0.2, 0.25) is 0 Å². The number of fused-ring (bicyclic) bond motifs is 7. The molecule has 0 N–H and O–H groups in total. The molecule has 0 bridgehead atoms. The molecule has 62 heavy (non-hydrogen) atoms. The van der Waals surface area contributed by atoms with Crippen molar-refractivity contribution in [1.82, 2.24) is 0 Å². The van der Waals surface area contributed by atoms with E-state index in [4.69, 9.17) is 4.42 Å². The number of hydrogen-bond acceptors (Lipinski definition) is 2. The van der Waals surface area contributed by atoms with Crippen LogP contribution in [0, 0.1) is 0 Å². The zero-order chi connectivity index (χ0) is 42.3. The molecule has 2 heteroatoms. The maximum Gasteiger partial charge on any atom is 0.143 e. The van der Waals surface area contributed by atoms with Crippen LogP contribution >= 0.6 is 0 Å². The Morgan fingerprint density at radius 3 is 1.66 bits per heavy atom. The minimum atomic E-state index is -0.123. The molecule has 0 aliphatic heterocycles. The summed E-state index contributed by atoms with van der Waals surface area (Å²) in [6.07, 6.45) is 4.48. The van der Waals surface area contributed by atoms with Crippen molar-refractivity contribution < 1.29 is 4.42 Å². The van der Waals surface area contributed by atoms with Crippen molar-refractivity contribution in [2.24, 2.45) is 0 Å². The fourth-order valence-corrected chi connectivity index (χ4v) is 10.4. The molecular formula is C60H49NO. The molecule has 2 nitrogen and oxygen atoms in total. The van der Waals surface area contributed by atoms with Crippen molar-refractivity contribution in [2.75, 3.05) is 4.90 Å². The van der Waals surface area contributed by atoms with Crippen LogP contribution in [0.25, 0.3) is 72.0 Å². The van der Waals surface area contributed by atoms with E-state index in [0.29, 0.717) is 0 Å². The Morgan fingerprint density at radius 2 is 0.984 bits per heavy atom. The van der Waals surface area contributed by atoms with Crippen LogP contribution in [0.2, 0.25) is 0 Å². The summed E-state index contributed by atoms with van der Waals surface area (Å²) < 4.78 is 6.44. The van der Waals surface area contributed by atoms with E-state index in [1.807, 2.05) is 12.1 Å². The standard InChI is InChI=1S/C60H49NO/c1-7-15-46-38(2)59(3,4)54-37-52-55(36-51(46)54)60(5,6)53-22-14-19-47(57(52)53)41-26-32-44(33-27-41)61(43-30-24-40(25-31-43)39-16-9-8-10-17-39)45-34-28-42(29-35-45)48-20-13-21-50-49-18-11-12-23-56(49)62-58(48)50/h7-37H,1-6H3/b15-7-. The lowest BCUT2D eigenvalue weighted by atomic mass is 9.78. The van der Waals surface area contributed by atoms with Crippen LogP contribution in [-0.2, 0) is 10.8 Å². The lowest BCUT2D eigenvalue weighted by Crippen LogP contribution is -2.17. The van der Waals surface area contributed by atoms with Crippen LogP contribution < -0.4 is 4.90 Å². The van der Waals surface area contributed by atoms with Gasteiger partial charge in [-0.1, -0.05) is 167 Å². The minimum Gasteiger partial charge on any atom is -0.455 e. The van der Waals surface area contributed by atoms with Gasteiger partial charge in [-0.05, 0) is 135 Å². The predicted octanol–water partition coefficient (Wildman–Crippen LogP) is 17.0. The highest BCUT2D eigenvalue weighted by Crippen LogP contribution is 2.57. The fourth-order valence-electron chi connectivity index (χ4n) is 10.4. The van der Waals surface area contributed by atoms with Crippen molar-refractivity contribution in [3.05, 3.63) is 216 Å². The van der Waals surface area contributed by atoms with E-state index in [9.17, 15) is 0 Å². The van der Waals surface area contributed by atoms with Gasteiger partial charge in [0.1, 0.15) is 11.2 Å². The number of hydrogen-bond donors (Lipinski definition) is 0. The molecule has 0 amide bonds. The Bertz CT molecular complexity index is 3270. The highest BCUT2D eigenvalue weighted by Gasteiger charge is 2.42. The van der Waals surface area contributed by atoms with Crippen LogP contribution in [0.5, 0.6) is 0 Å². The van der Waals surface area contributed by atoms with E-state index in [0.717, 1.165) is 50.1 Å². The molecular weight excluding hydrogens is 751 g/mol. The molecule has 0 saturated heterocycles. The Hall–Kier alpha value is -7.16. The molecule has 0 atom stereocenters. The highest BCUT2D eigenvalue weighted by molar-refractivity contribution is 6.09. The summed E-state index contributed by atoms with van der Waals surface area (Å²) in [4.78, 5) is 2.36. The van der Waals surface area contributed by atoms with Crippen LogP contribution in [0.1, 0.15) is 63.8 Å². The first-order valence-electron chi connectivity index (χ1n) is 21.9. The molecule has 0 spiro atoms. The summed E-state index contributed by atoms with van der Waals surface area (Å²) in [7, 11) is 0. The smallest absolute Gasteiger partial charge is 0.143 e. The Kier molecular flexibility index (Phi) is 8.67. The summed E-state index contributed by atoms with van der Waals surface area (Å²) in [5, 5.41) is 2.28. The third-order valence-electron chi connectivity index (χ3n) is 14.0. The highest BCUT2D eigenvalue weighted by atomic mass is 16.3. The third-order valence-corrected chi connectivity index (χ3v) is 14.0. The topological polar surface area (TPSA) is 16.4 Å². The van der Waals surface area contributed by atoms with Crippen molar-refractivity contribution in [3.63, 3.8) is 0 Å². The van der Waals surface area contributed by atoms with E-state index in [1.54, 1.807) is 0 Å². The fraction of sp³-hybridized carbons (Fsp3) is 0.133. The molecule has 2 aliphatic carbocycles. The first-order chi connectivity index (χ1) is 30.1. The quantitative estimate of drug-likeness (QED) is 0.160. The molecule has 9 aromatic rings. The molecule has 1 aromatic heterocycles. The van der Waals surface area contributed by atoms with Crippen molar-refractivity contribution >= 4 is 44.6 Å². The lowest BCUT2D eigenvalue weighted by molar-refractivity contribution is 0.635. The summed E-state index contributed by atoms with van der Waals surface area (Å²) in [6, 6.07) is 64.3. The normalized spacial score (nSPS) is 14.7.